The highest BCUT2D eigenvalue weighted by molar-refractivity contribution is 9.09. The Balaban J connectivity index is 2.23. The summed E-state index contributed by atoms with van der Waals surface area (Å²) in [5, 5.41) is 0. The summed E-state index contributed by atoms with van der Waals surface area (Å²) in [6.07, 6.45) is 3.98. The lowest BCUT2D eigenvalue weighted by Crippen LogP contribution is -2.28. The molecule has 0 N–H and O–H groups in total. The van der Waals surface area contributed by atoms with E-state index in [4.69, 9.17) is 0 Å². The van der Waals surface area contributed by atoms with Gasteiger partial charge in [0, 0.05) is 24.3 Å². The Labute approximate surface area is 82.4 Å². The van der Waals surface area contributed by atoms with Gasteiger partial charge in [-0.2, -0.15) is 0 Å². The lowest BCUT2D eigenvalue weighted by atomic mass is 10.2. The molecule has 0 radical (unpaired) electrons. The largest absolute Gasteiger partial charge is 0.342 e. The van der Waals surface area contributed by atoms with Gasteiger partial charge in [-0.15, -0.1) is 0 Å². The zero-order chi connectivity index (χ0) is 8.97. The molecule has 1 aliphatic heterocycles. The highest BCUT2D eigenvalue weighted by Crippen LogP contribution is 2.17. The average molecular weight is 234 g/mol. The summed E-state index contributed by atoms with van der Waals surface area (Å²) in [6.45, 7) is 3.96. The van der Waals surface area contributed by atoms with Crippen molar-refractivity contribution in [2.75, 3.05) is 13.1 Å². The molecule has 1 rings (SSSR count). The molecule has 3 heteroatoms. The van der Waals surface area contributed by atoms with Crippen LogP contribution in [0.4, 0.5) is 0 Å². The van der Waals surface area contributed by atoms with Gasteiger partial charge in [0.05, 0.1) is 0 Å². The van der Waals surface area contributed by atoms with E-state index in [1.54, 1.807) is 0 Å². The minimum atomic E-state index is 0.332. The Morgan fingerprint density at radius 1 is 1.67 bits per heavy atom. The molecule has 0 aromatic carbocycles. The third kappa shape index (κ3) is 2.77. The Morgan fingerprint density at radius 3 is 2.92 bits per heavy atom. The Bertz CT molecular complexity index is 161. The highest BCUT2D eigenvalue weighted by Gasteiger charge is 2.23. The summed E-state index contributed by atoms with van der Waals surface area (Å²) < 4.78 is 0. The van der Waals surface area contributed by atoms with E-state index >= 15 is 0 Å². The number of rotatable bonds is 3. The first-order chi connectivity index (χ1) is 5.74. The maximum absolute atomic E-state index is 11.5. The minimum absolute atomic E-state index is 0.332. The normalized spacial score (nSPS) is 23.2. The monoisotopic (exact) mass is 233 g/mol. The number of hydrogen-bond donors (Lipinski definition) is 0. The van der Waals surface area contributed by atoms with Crippen LogP contribution in [-0.2, 0) is 4.79 Å². The van der Waals surface area contributed by atoms with Crippen LogP contribution in [0.25, 0.3) is 0 Å². The molecule has 0 spiro atoms. The van der Waals surface area contributed by atoms with E-state index in [9.17, 15) is 4.79 Å². The fourth-order valence-corrected chi connectivity index (χ4v) is 1.98. The summed E-state index contributed by atoms with van der Waals surface area (Å²) in [6, 6.07) is 0. The van der Waals surface area contributed by atoms with E-state index in [1.165, 1.54) is 0 Å². The third-order valence-corrected chi connectivity index (χ3v) is 2.98. The maximum atomic E-state index is 11.5. The smallest absolute Gasteiger partial charge is 0.222 e. The molecule has 0 saturated carbocycles. The molecule has 2 nitrogen and oxygen atoms in total. The molecule has 12 heavy (non-hydrogen) atoms. The van der Waals surface area contributed by atoms with Crippen LogP contribution in [0, 0.1) is 0 Å². The third-order valence-electron chi connectivity index (χ3n) is 2.23. The molecule has 0 aromatic rings. The topological polar surface area (TPSA) is 20.3 Å². The Kier molecular flexibility index (Phi) is 4.06. The molecule has 0 aromatic heterocycles. The van der Waals surface area contributed by atoms with Crippen molar-refractivity contribution in [2.24, 2.45) is 0 Å². The lowest BCUT2D eigenvalue weighted by Gasteiger charge is -2.14. The van der Waals surface area contributed by atoms with Crippen LogP contribution in [0.1, 0.15) is 32.6 Å². The van der Waals surface area contributed by atoms with Crippen LogP contribution in [0.15, 0.2) is 0 Å². The van der Waals surface area contributed by atoms with E-state index in [1.807, 2.05) is 4.90 Å². The van der Waals surface area contributed by atoms with Gasteiger partial charge in [-0.1, -0.05) is 29.3 Å². The van der Waals surface area contributed by atoms with Crippen molar-refractivity contribution in [3.8, 4) is 0 Å². The second kappa shape index (κ2) is 4.85. The Morgan fingerprint density at radius 2 is 2.42 bits per heavy atom. The van der Waals surface area contributed by atoms with Gasteiger partial charge in [0.15, 0.2) is 0 Å². The average Bonchev–Trinajstić information content (AvgIpc) is 2.47. The van der Waals surface area contributed by atoms with Crippen LogP contribution < -0.4 is 0 Å². The van der Waals surface area contributed by atoms with Gasteiger partial charge in [-0.3, -0.25) is 4.79 Å². The van der Waals surface area contributed by atoms with Gasteiger partial charge in [0.2, 0.25) is 5.91 Å². The van der Waals surface area contributed by atoms with Crippen molar-refractivity contribution in [3.05, 3.63) is 0 Å². The van der Waals surface area contributed by atoms with Gasteiger partial charge in [-0.05, 0) is 12.8 Å². The number of amides is 1. The Hall–Kier alpha value is -0.0500. The molecule has 1 atom stereocenters. The second-order valence-electron chi connectivity index (χ2n) is 3.33. The quantitative estimate of drug-likeness (QED) is 0.685. The number of halogens is 1. The van der Waals surface area contributed by atoms with Gasteiger partial charge in [-0.25, -0.2) is 0 Å². The molecule has 1 heterocycles. The van der Waals surface area contributed by atoms with E-state index in [0.29, 0.717) is 10.7 Å². The van der Waals surface area contributed by atoms with Gasteiger partial charge in [0.25, 0.3) is 0 Å². The molecule has 70 valence electrons. The van der Waals surface area contributed by atoms with Crippen molar-refractivity contribution >= 4 is 21.8 Å². The van der Waals surface area contributed by atoms with Gasteiger partial charge >= 0.3 is 0 Å². The van der Waals surface area contributed by atoms with Crippen LogP contribution >= 0.6 is 15.9 Å². The predicted molar refractivity (Wildman–Crippen MR) is 53.4 cm³/mol. The number of alkyl halides is 1. The molecular formula is C9H16BrNO. The zero-order valence-corrected chi connectivity index (χ0v) is 9.14. The number of carbonyl (C=O) groups excluding carboxylic acids is 1. The van der Waals surface area contributed by atoms with Crippen molar-refractivity contribution in [2.45, 2.75) is 37.4 Å². The van der Waals surface area contributed by atoms with Crippen LogP contribution in [0.2, 0.25) is 0 Å². The van der Waals surface area contributed by atoms with Gasteiger partial charge < -0.3 is 4.90 Å². The first-order valence-electron chi connectivity index (χ1n) is 4.66. The van der Waals surface area contributed by atoms with E-state index < -0.39 is 0 Å². The van der Waals surface area contributed by atoms with Crippen molar-refractivity contribution in [1.29, 1.82) is 0 Å². The fourth-order valence-electron chi connectivity index (χ4n) is 1.43. The molecule has 1 unspecified atom stereocenters. The number of hydrogen-bond acceptors (Lipinski definition) is 1. The summed E-state index contributed by atoms with van der Waals surface area (Å²) >= 11 is 3.52. The molecule has 0 aliphatic carbocycles. The highest BCUT2D eigenvalue weighted by atomic mass is 79.9. The second-order valence-corrected chi connectivity index (χ2v) is 4.62. The first-order valence-corrected chi connectivity index (χ1v) is 5.57. The lowest BCUT2D eigenvalue weighted by molar-refractivity contribution is -0.130. The standard InChI is InChI=1S/C9H16BrNO/c1-2-3-4-9(12)11-6-5-8(10)7-11/h8H,2-7H2,1H3. The SMILES string of the molecule is CCCCC(=O)N1CCC(Br)C1. The minimum Gasteiger partial charge on any atom is -0.342 e. The number of unbranched alkanes of at least 4 members (excludes halogenated alkanes) is 1. The fraction of sp³-hybridized carbons (Fsp3) is 0.889. The molecule has 1 amide bonds. The van der Waals surface area contributed by atoms with Crippen molar-refractivity contribution < 1.29 is 4.79 Å². The molecular weight excluding hydrogens is 218 g/mol. The van der Waals surface area contributed by atoms with Crippen molar-refractivity contribution in [3.63, 3.8) is 0 Å². The zero-order valence-electron chi connectivity index (χ0n) is 7.55. The molecule has 1 aliphatic rings. The number of nitrogens with zero attached hydrogens (tertiary/aromatic N) is 1. The van der Waals surface area contributed by atoms with E-state index in [-0.39, 0.29) is 0 Å². The van der Waals surface area contributed by atoms with E-state index in [0.717, 1.165) is 38.8 Å². The summed E-state index contributed by atoms with van der Waals surface area (Å²) in [5.74, 6) is 0.332. The van der Waals surface area contributed by atoms with Gasteiger partial charge in [0.1, 0.15) is 0 Å². The molecule has 1 saturated heterocycles. The molecule has 1 fully saturated rings. The first kappa shape index (κ1) is 10.0. The van der Waals surface area contributed by atoms with Crippen LogP contribution in [0.3, 0.4) is 0 Å². The van der Waals surface area contributed by atoms with Crippen LogP contribution in [0.5, 0.6) is 0 Å². The number of likely N-dealkylation sites (tertiary alicyclic amines) is 1. The predicted octanol–water partition coefficient (Wildman–Crippen LogP) is 2.17. The number of carbonyl (C=O) groups is 1. The summed E-state index contributed by atoms with van der Waals surface area (Å²) in [5.41, 5.74) is 0. The van der Waals surface area contributed by atoms with Crippen molar-refractivity contribution in [1.82, 2.24) is 4.90 Å². The summed E-state index contributed by atoms with van der Waals surface area (Å²) in [7, 11) is 0. The molecule has 0 bridgehead atoms. The maximum Gasteiger partial charge on any atom is 0.222 e. The van der Waals surface area contributed by atoms with E-state index in [2.05, 4.69) is 22.9 Å². The van der Waals surface area contributed by atoms with Crippen LogP contribution in [-0.4, -0.2) is 28.7 Å². The summed E-state index contributed by atoms with van der Waals surface area (Å²) in [4.78, 5) is 14.0.